The van der Waals surface area contributed by atoms with Crippen molar-refractivity contribution in [2.45, 2.75) is 65.2 Å². The van der Waals surface area contributed by atoms with E-state index in [0.717, 1.165) is 50.0 Å². The van der Waals surface area contributed by atoms with E-state index in [1.54, 1.807) is 6.08 Å². The summed E-state index contributed by atoms with van der Waals surface area (Å²) in [6, 6.07) is 0. The fraction of sp³-hybridized carbons (Fsp3) is 0.654. The average Bonchev–Trinajstić information content (AvgIpc) is 3.41. The van der Waals surface area contributed by atoms with E-state index in [-0.39, 0.29) is 25.1 Å². The molecule has 35 heavy (non-hydrogen) atoms. The minimum absolute atomic E-state index is 0. The Morgan fingerprint density at radius 1 is 1.06 bits per heavy atom. The number of nitrogens with zero attached hydrogens (tertiary/aromatic N) is 1. The van der Waals surface area contributed by atoms with E-state index in [4.69, 9.17) is 21.9 Å². The van der Waals surface area contributed by atoms with E-state index < -0.39 is 5.91 Å². The molecular formula is C26H45N5O4. The maximum atomic E-state index is 11.1. The maximum Gasteiger partial charge on any atom is 0.228 e. The number of carbonyl (C=O) groups excluding carboxylic acids is 1. The number of ether oxygens (including phenoxy) is 1. The van der Waals surface area contributed by atoms with Crippen molar-refractivity contribution >= 4 is 5.91 Å². The zero-order chi connectivity index (χ0) is 24.7. The molecule has 2 unspecified atom stereocenters. The van der Waals surface area contributed by atoms with E-state index >= 15 is 0 Å². The predicted molar refractivity (Wildman–Crippen MR) is 138 cm³/mol. The summed E-state index contributed by atoms with van der Waals surface area (Å²) < 4.78 is 5.29. The normalized spacial score (nSPS) is 25.3. The standard InChI is InChI=1S/C13H23NO3.C12H18N4O.CH4/c15-13(16,12-4-6-17-7-5-12)14-8-10-2-1-3-11(10)9-14;1-8(17)16-11-5-3-2-4-9(11)10(13)6-7-12(14)15;/h10-12,15-16H,1-9H2;4-7H,2-3,13-15H2,1H3,(H,16,17);1H4/b;10-6-;. The molecule has 0 aromatic rings. The Balaban J connectivity index is 0.000000240. The van der Waals surface area contributed by atoms with E-state index in [9.17, 15) is 15.0 Å². The zero-order valence-electron chi connectivity index (χ0n) is 20.2. The van der Waals surface area contributed by atoms with E-state index in [1.807, 2.05) is 17.1 Å². The zero-order valence-corrected chi connectivity index (χ0v) is 20.2. The van der Waals surface area contributed by atoms with Gasteiger partial charge in [-0.25, -0.2) is 0 Å². The molecule has 2 aliphatic heterocycles. The van der Waals surface area contributed by atoms with Crippen molar-refractivity contribution in [3.8, 4) is 0 Å². The third kappa shape index (κ3) is 7.83. The lowest BCUT2D eigenvalue weighted by atomic mass is 9.95. The molecule has 1 saturated carbocycles. The van der Waals surface area contributed by atoms with Gasteiger partial charge >= 0.3 is 0 Å². The summed E-state index contributed by atoms with van der Waals surface area (Å²) in [6.45, 7) is 4.53. The highest BCUT2D eigenvalue weighted by atomic mass is 16.5. The van der Waals surface area contributed by atoms with Crippen LogP contribution in [0.5, 0.6) is 0 Å². The minimum Gasteiger partial charge on any atom is -0.398 e. The maximum absolute atomic E-state index is 11.1. The lowest BCUT2D eigenvalue weighted by Crippen LogP contribution is -2.54. The molecular weight excluding hydrogens is 446 g/mol. The number of amides is 1. The summed E-state index contributed by atoms with van der Waals surface area (Å²) in [4.78, 5) is 13.0. The Labute approximate surface area is 209 Å². The first kappa shape index (κ1) is 28.9. The number of likely N-dealkylation sites (tertiary alicyclic amines) is 1. The van der Waals surface area contributed by atoms with Gasteiger partial charge in [-0.3, -0.25) is 9.69 Å². The molecule has 0 spiro atoms. The molecule has 9 heteroatoms. The molecule has 3 fully saturated rings. The molecule has 9 N–H and O–H groups in total. The first-order valence-corrected chi connectivity index (χ1v) is 12.3. The van der Waals surface area contributed by atoms with Gasteiger partial charge in [-0.1, -0.05) is 26.0 Å². The van der Waals surface area contributed by atoms with E-state index in [2.05, 4.69) is 5.32 Å². The Bertz CT molecular complexity index is 827. The van der Waals surface area contributed by atoms with Crippen molar-refractivity contribution in [1.29, 1.82) is 0 Å². The summed E-state index contributed by atoms with van der Waals surface area (Å²) in [5.74, 6) is -0.175. The SMILES string of the molecule is C.CC(=O)NC1=CCCC=C1/C(N)=C/C=C(N)N.OC(O)(C1CCOCC1)N1CC2CCCC2C1. The summed E-state index contributed by atoms with van der Waals surface area (Å²) >= 11 is 0. The van der Waals surface area contributed by atoms with Gasteiger partial charge in [-0.15, -0.1) is 0 Å². The van der Waals surface area contributed by atoms with Crippen LogP contribution < -0.4 is 22.5 Å². The van der Waals surface area contributed by atoms with Gasteiger partial charge in [0.05, 0.1) is 5.82 Å². The van der Waals surface area contributed by atoms with Crippen molar-refractivity contribution in [3.05, 3.63) is 47.1 Å². The molecule has 2 aliphatic carbocycles. The number of nitrogens with one attached hydrogen (secondary N) is 1. The van der Waals surface area contributed by atoms with Crippen molar-refractivity contribution in [2.24, 2.45) is 35.0 Å². The molecule has 2 heterocycles. The minimum atomic E-state index is -1.60. The van der Waals surface area contributed by atoms with Crippen molar-refractivity contribution in [2.75, 3.05) is 26.3 Å². The second-order valence-corrected chi connectivity index (χ2v) is 9.71. The van der Waals surface area contributed by atoms with Gasteiger partial charge in [0.1, 0.15) is 0 Å². The van der Waals surface area contributed by atoms with Crippen LogP contribution in [0.25, 0.3) is 0 Å². The Hall–Kier alpha value is -2.33. The van der Waals surface area contributed by atoms with Crippen molar-refractivity contribution in [1.82, 2.24) is 10.2 Å². The second kappa shape index (κ2) is 13.1. The van der Waals surface area contributed by atoms with Gasteiger partial charge in [0, 0.05) is 56.1 Å². The van der Waals surface area contributed by atoms with Crippen LogP contribution in [-0.4, -0.2) is 53.2 Å². The Morgan fingerprint density at radius 2 is 1.66 bits per heavy atom. The number of carbonyl (C=O) groups is 1. The van der Waals surface area contributed by atoms with E-state index in [0.29, 0.717) is 30.7 Å². The Kier molecular flexibility index (Phi) is 10.8. The topological polar surface area (TPSA) is 160 Å². The molecule has 4 rings (SSSR count). The molecule has 2 atom stereocenters. The van der Waals surface area contributed by atoms with Crippen LogP contribution in [0.2, 0.25) is 0 Å². The summed E-state index contributed by atoms with van der Waals surface area (Å²) in [7, 11) is 0. The van der Waals surface area contributed by atoms with Crippen LogP contribution in [0.4, 0.5) is 0 Å². The van der Waals surface area contributed by atoms with Crippen LogP contribution in [-0.2, 0) is 9.53 Å². The quantitative estimate of drug-likeness (QED) is 0.250. The highest BCUT2D eigenvalue weighted by Crippen LogP contribution is 2.41. The van der Waals surface area contributed by atoms with Crippen molar-refractivity contribution < 1.29 is 19.7 Å². The first-order valence-electron chi connectivity index (χ1n) is 12.3. The lowest BCUT2D eigenvalue weighted by Gasteiger charge is -2.40. The van der Waals surface area contributed by atoms with Gasteiger partial charge in [0.15, 0.2) is 0 Å². The largest absolute Gasteiger partial charge is 0.398 e. The van der Waals surface area contributed by atoms with Crippen LogP contribution >= 0.6 is 0 Å². The number of rotatable bonds is 5. The first-order chi connectivity index (χ1) is 16.2. The smallest absolute Gasteiger partial charge is 0.228 e. The van der Waals surface area contributed by atoms with Gasteiger partial charge < -0.3 is 37.5 Å². The predicted octanol–water partition coefficient (Wildman–Crippen LogP) is 1.75. The molecule has 198 valence electrons. The van der Waals surface area contributed by atoms with Gasteiger partial charge in [-0.05, 0) is 62.5 Å². The molecule has 0 bridgehead atoms. The van der Waals surface area contributed by atoms with Gasteiger partial charge in [0.25, 0.3) is 0 Å². The lowest BCUT2D eigenvalue weighted by molar-refractivity contribution is -0.301. The fourth-order valence-electron chi connectivity index (χ4n) is 5.38. The fourth-order valence-corrected chi connectivity index (χ4v) is 5.38. The number of fused-ring (bicyclic) bond motifs is 1. The highest BCUT2D eigenvalue weighted by Gasteiger charge is 2.48. The molecule has 0 aromatic heterocycles. The van der Waals surface area contributed by atoms with Crippen LogP contribution in [0.15, 0.2) is 47.1 Å². The molecule has 1 amide bonds. The van der Waals surface area contributed by atoms with Gasteiger partial charge in [-0.2, -0.15) is 0 Å². The number of aliphatic hydroxyl groups is 2. The third-order valence-corrected chi connectivity index (χ3v) is 7.19. The number of allylic oxidation sites excluding steroid dienone is 4. The Morgan fingerprint density at radius 3 is 2.23 bits per heavy atom. The van der Waals surface area contributed by atoms with Gasteiger partial charge in [0.2, 0.25) is 11.8 Å². The molecule has 2 saturated heterocycles. The van der Waals surface area contributed by atoms with Crippen LogP contribution in [0.1, 0.15) is 59.3 Å². The number of nitrogens with two attached hydrogens (primary N) is 3. The van der Waals surface area contributed by atoms with Crippen molar-refractivity contribution in [3.63, 3.8) is 0 Å². The number of hydrogen-bond donors (Lipinski definition) is 6. The highest BCUT2D eigenvalue weighted by molar-refractivity contribution is 5.76. The summed E-state index contributed by atoms with van der Waals surface area (Å²) in [5.41, 5.74) is 18.6. The van der Waals surface area contributed by atoms with Crippen LogP contribution in [0, 0.1) is 17.8 Å². The second-order valence-electron chi connectivity index (χ2n) is 9.71. The monoisotopic (exact) mass is 491 g/mol. The summed E-state index contributed by atoms with van der Waals surface area (Å²) in [6.07, 6.45) is 14.3. The molecule has 9 nitrogen and oxygen atoms in total. The molecule has 0 radical (unpaired) electrons. The third-order valence-electron chi connectivity index (χ3n) is 7.19. The van der Waals surface area contributed by atoms with Crippen LogP contribution in [0.3, 0.4) is 0 Å². The molecule has 0 aromatic carbocycles. The van der Waals surface area contributed by atoms with E-state index in [1.165, 1.54) is 32.3 Å². The molecule has 4 aliphatic rings. The average molecular weight is 492 g/mol. The summed E-state index contributed by atoms with van der Waals surface area (Å²) in [5, 5.41) is 23.6. The number of hydrogen-bond acceptors (Lipinski definition) is 8.